The molecule has 0 spiro atoms. The molecule has 0 unspecified atom stereocenters. The number of benzene rings is 1. The van der Waals surface area contributed by atoms with Gasteiger partial charge in [0, 0.05) is 18.7 Å². The second-order valence-corrected chi connectivity index (χ2v) is 5.31. The van der Waals surface area contributed by atoms with Gasteiger partial charge in [-0.25, -0.2) is 4.79 Å². The predicted molar refractivity (Wildman–Crippen MR) is 86.0 cm³/mol. The van der Waals surface area contributed by atoms with Crippen LogP contribution in [0.3, 0.4) is 0 Å². The van der Waals surface area contributed by atoms with E-state index in [2.05, 4.69) is 0 Å². The number of carboxylic acid groups (broad SMARTS) is 1. The quantitative estimate of drug-likeness (QED) is 0.708. The Balaban J connectivity index is 3.03. The minimum Gasteiger partial charge on any atom is -0.870 e. The average molecular weight is 351 g/mol. The molecule has 2 rings (SSSR count). The number of phenols is 1. The molecule has 8 nitrogen and oxygen atoms in total. The van der Waals surface area contributed by atoms with Gasteiger partial charge in [0.1, 0.15) is 11.3 Å². The molecule has 128 valence electrons. The second kappa shape index (κ2) is 6.36. The molecule has 0 atom stereocenters. The summed E-state index contributed by atoms with van der Waals surface area (Å²) in [6.45, 7) is 3.81. The monoisotopic (exact) mass is 351 g/mol. The number of nitrogens with zero attached hydrogens (tertiary/aromatic N) is 2. The minimum absolute atomic E-state index is 0.0873. The third-order valence-electron chi connectivity index (χ3n) is 3.63. The Morgan fingerprint density at radius 3 is 2.29 bits per heavy atom. The van der Waals surface area contributed by atoms with Crippen molar-refractivity contribution >= 4 is 18.2 Å². The number of hydrogen-bond donors (Lipinski definition) is 3. The van der Waals surface area contributed by atoms with Gasteiger partial charge in [-0.1, -0.05) is 11.8 Å². The molecule has 3 N–H and O–H groups in total. The Kier molecular flexibility index (Phi) is 4.65. The van der Waals surface area contributed by atoms with Gasteiger partial charge < -0.3 is 20.4 Å². The van der Waals surface area contributed by atoms with E-state index in [0.29, 0.717) is 0 Å². The Labute approximate surface area is 141 Å². The molecule has 1 heterocycles. The molecule has 0 radical (unpaired) electrons. The maximum absolute atomic E-state index is 12.6. The SMILES string of the molecule is CCn1c(O)c(-c2cc([O-])c(O)cc2C(=O)O)c(=O)n(CC)c1=S. The van der Waals surface area contributed by atoms with Crippen molar-refractivity contribution in [3.05, 3.63) is 32.8 Å². The third kappa shape index (κ3) is 2.62. The van der Waals surface area contributed by atoms with Gasteiger partial charge in [0.2, 0.25) is 5.88 Å². The lowest BCUT2D eigenvalue weighted by atomic mass is 10.00. The molecule has 2 aromatic rings. The van der Waals surface area contributed by atoms with Crippen LogP contribution >= 0.6 is 12.2 Å². The molecule has 0 aliphatic carbocycles. The number of aromatic hydroxyl groups is 2. The Bertz CT molecular complexity index is 944. The molecule has 0 saturated heterocycles. The molecule has 0 aliphatic heterocycles. The van der Waals surface area contributed by atoms with Crippen molar-refractivity contribution in [2.45, 2.75) is 26.9 Å². The lowest BCUT2D eigenvalue weighted by molar-refractivity contribution is -0.270. The minimum atomic E-state index is -1.45. The summed E-state index contributed by atoms with van der Waals surface area (Å²) < 4.78 is 2.54. The Hall–Kier alpha value is -2.81. The molecule has 1 aromatic carbocycles. The number of carbonyl (C=O) groups is 1. The zero-order valence-corrected chi connectivity index (χ0v) is 13.8. The van der Waals surface area contributed by atoms with E-state index in [-0.39, 0.29) is 29.0 Å². The summed E-state index contributed by atoms with van der Waals surface area (Å²) in [7, 11) is 0. The van der Waals surface area contributed by atoms with Crippen molar-refractivity contribution in [2.75, 3.05) is 0 Å². The van der Waals surface area contributed by atoms with Crippen LogP contribution in [0.2, 0.25) is 0 Å². The first kappa shape index (κ1) is 17.5. The van der Waals surface area contributed by atoms with E-state index in [1.165, 1.54) is 9.13 Å². The van der Waals surface area contributed by atoms with Crippen molar-refractivity contribution in [3.8, 4) is 28.5 Å². The summed E-state index contributed by atoms with van der Waals surface area (Å²) in [5.41, 5.74) is -1.80. The molecule has 9 heteroatoms. The Morgan fingerprint density at radius 1 is 1.21 bits per heavy atom. The summed E-state index contributed by atoms with van der Waals surface area (Å²) in [6.07, 6.45) is 0. The zero-order chi connectivity index (χ0) is 18.2. The van der Waals surface area contributed by atoms with Gasteiger partial charge in [-0.3, -0.25) is 13.9 Å². The van der Waals surface area contributed by atoms with Crippen LogP contribution in [-0.4, -0.2) is 30.4 Å². The smallest absolute Gasteiger partial charge is 0.336 e. The van der Waals surface area contributed by atoms with E-state index >= 15 is 0 Å². The third-order valence-corrected chi connectivity index (χ3v) is 4.07. The Morgan fingerprint density at radius 2 is 1.79 bits per heavy atom. The van der Waals surface area contributed by atoms with Crippen LogP contribution in [0.25, 0.3) is 11.1 Å². The normalized spacial score (nSPS) is 10.8. The molecule has 0 aliphatic rings. The summed E-state index contributed by atoms with van der Waals surface area (Å²) in [6, 6.07) is 1.57. The van der Waals surface area contributed by atoms with Crippen LogP contribution < -0.4 is 10.7 Å². The van der Waals surface area contributed by atoms with E-state index in [1.807, 2.05) is 0 Å². The number of rotatable bonds is 4. The van der Waals surface area contributed by atoms with Gasteiger partial charge in [0.25, 0.3) is 5.56 Å². The lowest BCUT2D eigenvalue weighted by Gasteiger charge is -2.18. The highest BCUT2D eigenvalue weighted by molar-refractivity contribution is 7.71. The highest BCUT2D eigenvalue weighted by atomic mass is 32.1. The van der Waals surface area contributed by atoms with Gasteiger partial charge in [-0.15, -0.1) is 0 Å². The fourth-order valence-electron chi connectivity index (χ4n) is 2.44. The largest absolute Gasteiger partial charge is 0.870 e. The molecular formula is C15H15N2O6S-. The van der Waals surface area contributed by atoms with Gasteiger partial charge in [-0.05, 0) is 32.1 Å². The number of hydrogen-bond acceptors (Lipinski definition) is 6. The van der Waals surface area contributed by atoms with Gasteiger partial charge in [-0.2, -0.15) is 0 Å². The fraction of sp³-hybridized carbons (Fsp3) is 0.267. The fourth-order valence-corrected chi connectivity index (χ4v) is 2.87. The highest BCUT2D eigenvalue weighted by Gasteiger charge is 2.23. The first-order chi connectivity index (χ1) is 11.2. The average Bonchev–Trinajstić information content (AvgIpc) is 2.51. The molecule has 0 fully saturated rings. The van der Waals surface area contributed by atoms with E-state index < -0.39 is 34.5 Å². The summed E-state index contributed by atoms with van der Waals surface area (Å²) in [4.78, 5) is 24.1. The topological polar surface area (TPSA) is 128 Å². The summed E-state index contributed by atoms with van der Waals surface area (Å²) in [5.74, 6) is -3.59. The summed E-state index contributed by atoms with van der Waals surface area (Å²) in [5, 5.41) is 40.9. The number of carboxylic acids is 1. The van der Waals surface area contributed by atoms with Crippen molar-refractivity contribution in [3.63, 3.8) is 0 Å². The maximum Gasteiger partial charge on any atom is 0.336 e. The van der Waals surface area contributed by atoms with Crippen molar-refractivity contribution < 1.29 is 25.2 Å². The highest BCUT2D eigenvalue weighted by Crippen LogP contribution is 2.35. The van der Waals surface area contributed by atoms with Crippen LogP contribution in [0.4, 0.5) is 0 Å². The van der Waals surface area contributed by atoms with Gasteiger partial charge >= 0.3 is 5.97 Å². The zero-order valence-electron chi connectivity index (χ0n) is 12.9. The lowest BCUT2D eigenvalue weighted by Crippen LogP contribution is -2.26. The van der Waals surface area contributed by atoms with E-state index in [1.54, 1.807) is 13.8 Å². The van der Waals surface area contributed by atoms with Gasteiger partial charge in [0.05, 0.1) is 5.56 Å². The number of phenolic OH excluding ortho intramolecular Hbond substituents is 1. The maximum atomic E-state index is 12.6. The predicted octanol–water partition coefficient (Wildman–Crippen LogP) is 1.27. The first-order valence-corrected chi connectivity index (χ1v) is 7.49. The molecule has 24 heavy (non-hydrogen) atoms. The van der Waals surface area contributed by atoms with Crippen LogP contribution in [-0.2, 0) is 13.1 Å². The summed E-state index contributed by atoms with van der Waals surface area (Å²) >= 11 is 5.15. The molecular weight excluding hydrogens is 336 g/mol. The van der Waals surface area contributed by atoms with Crippen molar-refractivity contribution in [2.24, 2.45) is 0 Å². The molecule has 0 bridgehead atoms. The van der Waals surface area contributed by atoms with Crippen LogP contribution in [0.15, 0.2) is 16.9 Å². The standard InChI is InChI=1S/C15H16N2O6S/c1-3-16-12(20)11(13(21)17(4-2)15(16)24)7-5-9(18)10(19)6-8(7)14(22)23/h5-6,18-20H,3-4H2,1-2H3,(H,22,23)/p-1. The van der Waals surface area contributed by atoms with E-state index in [4.69, 9.17) is 12.2 Å². The van der Waals surface area contributed by atoms with E-state index in [9.17, 15) is 30.0 Å². The van der Waals surface area contributed by atoms with Crippen LogP contribution in [0.1, 0.15) is 24.2 Å². The molecule has 0 saturated carbocycles. The molecule has 0 amide bonds. The molecule has 1 aromatic heterocycles. The number of aromatic carboxylic acids is 1. The van der Waals surface area contributed by atoms with E-state index in [0.717, 1.165) is 12.1 Å². The first-order valence-electron chi connectivity index (χ1n) is 7.08. The number of aromatic nitrogens is 2. The van der Waals surface area contributed by atoms with Crippen LogP contribution in [0.5, 0.6) is 17.4 Å². The van der Waals surface area contributed by atoms with Gasteiger partial charge in [0.15, 0.2) is 4.77 Å². The van der Waals surface area contributed by atoms with Crippen LogP contribution in [0, 0.1) is 4.77 Å². The second-order valence-electron chi connectivity index (χ2n) is 4.95. The van der Waals surface area contributed by atoms with Crippen molar-refractivity contribution in [1.29, 1.82) is 0 Å². The van der Waals surface area contributed by atoms with Crippen molar-refractivity contribution in [1.82, 2.24) is 9.13 Å².